The predicted molar refractivity (Wildman–Crippen MR) is 89.8 cm³/mol. The van der Waals surface area contributed by atoms with Gasteiger partial charge >= 0.3 is 0 Å². The Morgan fingerprint density at radius 3 is 2.76 bits per heavy atom. The van der Waals surface area contributed by atoms with Crippen molar-refractivity contribution >= 4 is 28.2 Å². The molecule has 0 spiro atoms. The number of halogens is 1. The van der Waals surface area contributed by atoms with Gasteiger partial charge in [0.15, 0.2) is 0 Å². The molecule has 0 atom stereocenters. The van der Waals surface area contributed by atoms with Gasteiger partial charge in [0, 0.05) is 29.2 Å². The molecule has 0 unspecified atom stereocenters. The lowest BCUT2D eigenvalue weighted by Crippen LogP contribution is -2.02. The first kappa shape index (κ1) is 13.9. The molecule has 3 heteroatoms. The minimum Gasteiger partial charge on any atom is -0.381 e. The molecule has 0 aliphatic carbocycles. The van der Waals surface area contributed by atoms with Crippen molar-refractivity contribution < 1.29 is 0 Å². The number of alkyl halides is 1. The fourth-order valence-corrected chi connectivity index (χ4v) is 2.67. The molecule has 3 aromatic rings. The van der Waals surface area contributed by atoms with Gasteiger partial charge in [0.05, 0.1) is 5.52 Å². The van der Waals surface area contributed by atoms with Gasteiger partial charge in [-0.1, -0.05) is 30.3 Å². The van der Waals surface area contributed by atoms with Crippen molar-refractivity contribution in [3.63, 3.8) is 0 Å². The fraction of sp³-hybridized carbons (Fsp3) is 0.167. The van der Waals surface area contributed by atoms with Gasteiger partial charge in [0.25, 0.3) is 0 Å². The highest BCUT2D eigenvalue weighted by molar-refractivity contribution is 6.17. The summed E-state index contributed by atoms with van der Waals surface area (Å²) in [4.78, 5) is 4.57. The summed E-state index contributed by atoms with van der Waals surface area (Å²) in [6, 6.07) is 18.6. The third kappa shape index (κ3) is 3.17. The smallest absolute Gasteiger partial charge is 0.0708 e. The number of para-hydroxylation sites is 1. The highest BCUT2D eigenvalue weighted by atomic mass is 35.5. The first-order chi connectivity index (χ1) is 10.3. The third-order valence-corrected chi connectivity index (χ3v) is 3.80. The third-order valence-electron chi connectivity index (χ3n) is 3.49. The van der Waals surface area contributed by atoms with Crippen LogP contribution in [0, 0.1) is 6.92 Å². The van der Waals surface area contributed by atoms with Crippen molar-refractivity contribution in [2.75, 3.05) is 5.32 Å². The van der Waals surface area contributed by atoms with E-state index in [9.17, 15) is 0 Å². The van der Waals surface area contributed by atoms with Crippen molar-refractivity contribution in [3.05, 3.63) is 71.4 Å². The Bertz CT molecular complexity index is 768. The van der Waals surface area contributed by atoms with Crippen LogP contribution in [0.15, 0.2) is 54.6 Å². The van der Waals surface area contributed by atoms with Crippen molar-refractivity contribution in [1.29, 1.82) is 0 Å². The van der Waals surface area contributed by atoms with Gasteiger partial charge in [-0.25, -0.2) is 0 Å². The Hall–Kier alpha value is -2.06. The second-order valence-corrected chi connectivity index (χ2v) is 5.39. The van der Waals surface area contributed by atoms with Crippen molar-refractivity contribution in [2.24, 2.45) is 0 Å². The van der Waals surface area contributed by atoms with E-state index in [1.165, 1.54) is 10.9 Å². The van der Waals surface area contributed by atoms with E-state index in [-0.39, 0.29) is 0 Å². The maximum Gasteiger partial charge on any atom is 0.0708 e. The number of aryl methyl sites for hydroxylation is 1. The van der Waals surface area contributed by atoms with E-state index in [2.05, 4.69) is 46.7 Å². The van der Waals surface area contributed by atoms with E-state index in [1.54, 1.807) is 0 Å². The van der Waals surface area contributed by atoms with Gasteiger partial charge < -0.3 is 5.32 Å². The Kier molecular flexibility index (Phi) is 4.07. The van der Waals surface area contributed by atoms with Crippen LogP contribution in [0.2, 0.25) is 0 Å². The summed E-state index contributed by atoms with van der Waals surface area (Å²) in [6.07, 6.45) is 0. The van der Waals surface area contributed by atoms with E-state index in [4.69, 9.17) is 11.6 Å². The fourth-order valence-electron chi connectivity index (χ4n) is 2.50. The van der Waals surface area contributed by atoms with Crippen LogP contribution in [-0.2, 0) is 12.4 Å². The van der Waals surface area contributed by atoms with E-state index >= 15 is 0 Å². The Morgan fingerprint density at radius 2 is 1.90 bits per heavy atom. The molecule has 1 aromatic heterocycles. The molecule has 0 saturated heterocycles. The number of benzene rings is 2. The molecule has 3 rings (SSSR count). The molecule has 2 aromatic carbocycles. The molecule has 0 aliphatic heterocycles. The lowest BCUT2D eigenvalue weighted by molar-refractivity contribution is 1.13. The molecule has 1 N–H and O–H groups in total. The summed E-state index contributed by atoms with van der Waals surface area (Å²) in [5.41, 5.74) is 5.56. The van der Waals surface area contributed by atoms with E-state index in [0.29, 0.717) is 5.88 Å². The van der Waals surface area contributed by atoms with Crippen LogP contribution in [0.3, 0.4) is 0 Å². The molecule has 2 nitrogen and oxygen atoms in total. The molecule has 0 bridgehead atoms. The second kappa shape index (κ2) is 6.15. The van der Waals surface area contributed by atoms with Crippen LogP contribution in [0.1, 0.15) is 16.8 Å². The highest BCUT2D eigenvalue weighted by Crippen LogP contribution is 2.20. The normalized spacial score (nSPS) is 10.8. The second-order valence-electron chi connectivity index (χ2n) is 5.13. The Balaban J connectivity index is 1.87. The maximum atomic E-state index is 5.88. The van der Waals surface area contributed by atoms with Crippen LogP contribution in [-0.4, -0.2) is 4.98 Å². The molecule has 0 radical (unpaired) electrons. The summed E-state index contributed by atoms with van der Waals surface area (Å²) in [5, 5.41) is 4.67. The van der Waals surface area contributed by atoms with Crippen LogP contribution in [0.4, 0.5) is 5.69 Å². The van der Waals surface area contributed by atoms with Gasteiger partial charge in [-0.3, -0.25) is 4.98 Å². The Labute approximate surface area is 129 Å². The zero-order valence-electron chi connectivity index (χ0n) is 11.9. The number of aromatic nitrogens is 1. The number of rotatable bonds is 4. The standard InChI is InChI=1S/C18H17ClN2/c1-13-9-15(17-7-2-3-8-18(17)21-13)12-20-16-6-4-5-14(10-16)11-19/h2-10,20H,11-12H2,1H3. The van der Waals surface area contributed by atoms with Crippen molar-refractivity contribution in [3.8, 4) is 0 Å². The lowest BCUT2D eigenvalue weighted by atomic mass is 10.1. The minimum atomic E-state index is 0.535. The SMILES string of the molecule is Cc1cc(CNc2cccc(CCl)c2)c2ccccc2n1. The average molecular weight is 297 g/mol. The van der Waals surface area contributed by atoms with E-state index < -0.39 is 0 Å². The number of pyridine rings is 1. The van der Waals surface area contributed by atoms with E-state index in [0.717, 1.165) is 29.0 Å². The zero-order chi connectivity index (χ0) is 14.7. The van der Waals surface area contributed by atoms with Crippen LogP contribution >= 0.6 is 11.6 Å². The highest BCUT2D eigenvalue weighted by Gasteiger charge is 2.03. The summed E-state index contributed by atoms with van der Waals surface area (Å²) >= 11 is 5.88. The molecule has 0 saturated carbocycles. The number of anilines is 1. The van der Waals surface area contributed by atoms with Gasteiger partial charge in [0.2, 0.25) is 0 Å². The molecule has 21 heavy (non-hydrogen) atoms. The molecule has 0 amide bonds. The first-order valence-electron chi connectivity index (χ1n) is 7.00. The largest absolute Gasteiger partial charge is 0.381 e. The number of hydrogen-bond acceptors (Lipinski definition) is 2. The van der Waals surface area contributed by atoms with Gasteiger partial charge in [0.1, 0.15) is 0 Å². The van der Waals surface area contributed by atoms with E-state index in [1.807, 2.05) is 25.1 Å². The number of hydrogen-bond donors (Lipinski definition) is 1. The minimum absolute atomic E-state index is 0.535. The summed E-state index contributed by atoms with van der Waals surface area (Å²) < 4.78 is 0. The monoisotopic (exact) mass is 296 g/mol. The molecule has 0 fully saturated rings. The van der Waals surface area contributed by atoms with Gasteiger partial charge in [-0.2, -0.15) is 0 Å². The molecular weight excluding hydrogens is 280 g/mol. The number of nitrogens with zero attached hydrogens (tertiary/aromatic N) is 1. The zero-order valence-corrected chi connectivity index (χ0v) is 12.7. The maximum absolute atomic E-state index is 5.88. The molecular formula is C18H17ClN2. The number of fused-ring (bicyclic) bond motifs is 1. The summed E-state index contributed by atoms with van der Waals surface area (Å²) in [5.74, 6) is 0.535. The topological polar surface area (TPSA) is 24.9 Å². The van der Waals surface area contributed by atoms with Crippen LogP contribution in [0.5, 0.6) is 0 Å². The lowest BCUT2D eigenvalue weighted by Gasteiger charge is -2.11. The van der Waals surface area contributed by atoms with Gasteiger partial charge in [-0.15, -0.1) is 11.6 Å². The first-order valence-corrected chi connectivity index (χ1v) is 7.54. The summed E-state index contributed by atoms with van der Waals surface area (Å²) in [7, 11) is 0. The quantitative estimate of drug-likeness (QED) is 0.693. The molecule has 106 valence electrons. The van der Waals surface area contributed by atoms with Crippen LogP contribution in [0.25, 0.3) is 10.9 Å². The summed E-state index contributed by atoms with van der Waals surface area (Å²) in [6.45, 7) is 2.81. The predicted octanol–water partition coefficient (Wildman–Crippen LogP) is 4.89. The average Bonchev–Trinajstić information content (AvgIpc) is 2.52. The Morgan fingerprint density at radius 1 is 1.05 bits per heavy atom. The van der Waals surface area contributed by atoms with Gasteiger partial charge in [-0.05, 0) is 42.3 Å². The molecule has 1 heterocycles. The molecule has 0 aliphatic rings. The number of nitrogens with one attached hydrogen (secondary N) is 1. The van der Waals surface area contributed by atoms with Crippen molar-refractivity contribution in [2.45, 2.75) is 19.3 Å². The van der Waals surface area contributed by atoms with Crippen LogP contribution < -0.4 is 5.32 Å². The van der Waals surface area contributed by atoms with Crippen molar-refractivity contribution in [1.82, 2.24) is 4.98 Å².